The molecule has 1 atom stereocenters. The van der Waals surface area contributed by atoms with Gasteiger partial charge in [-0.3, -0.25) is 0 Å². The van der Waals surface area contributed by atoms with Crippen molar-refractivity contribution in [3.8, 4) is 0 Å². The van der Waals surface area contributed by atoms with E-state index in [1.807, 2.05) is 21.0 Å². The molecule has 0 saturated carbocycles. The highest BCUT2D eigenvalue weighted by atomic mass is 35.5. The molecule has 118 valence electrons. The molecule has 1 aliphatic rings. The Kier molecular flexibility index (Phi) is 5.08. The summed E-state index contributed by atoms with van der Waals surface area (Å²) < 4.78 is 26.7. The minimum absolute atomic E-state index is 0.147. The zero-order valence-electron chi connectivity index (χ0n) is 12.5. The minimum Gasteiger partial charge on any atom is -0.369 e. The maximum absolute atomic E-state index is 12.6. The van der Waals surface area contributed by atoms with Crippen LogP contribution in [0.5, 0.6) is 0 Å². The van der Waals surface area contributed by atoms with E-state index in [0.717, 1.165) is 6.42 Å². The summed E-state index contributed by atoms with van der Waals surface area (Å²) in [7, 11) is 0.398. The summed E-state index contributed by atoms with van der Waals surface area (Å²) in [5, 5.41) is 3.31. The molecule has 6 nitrogen and oxygen atoms in total. The average molecular weight is 333 g/mol. The monoisotopic (exact) mass is 332 g/mol. The number of rotatable bonds is 5. The predicted molar refractivity (Wildman–Crippen MR) is 84.3 cm³/mol. The van der Waals surface area contributed by atoms with E-state index in [9.17, 15) is 8.42 Å². The van der Waals surface area contributed by atoms with Crippen molar-refractivity contribution in [3.05, 3.63) is 17.3 Å². The van der Waals surface area contributed by atoms with Gasteiger partial charge >= 0.3 is 0 Å². The molecule has 0 radical (unpaired) electrons. The number of hydrogen-bond acceptors (Lipinski definition) is 5. The first-order valence-corrected chi connectivity index (χ1v) is 8.74. The molecule has 1 unspecified atom stereocenters. The van der Waals surface area contributed by atoms with Crippen LogP contribution in [-0.2, 0) is 10.0 Å². The van der Waals surface area contributed by atoms with Crippen molar-refractivity contribution in [3.63, 3.8) is 0 Å². The van der Waals surface area contributed by atoms with Gasteiger partial charge in [0.1, 0.15) is 10.7 Å². The van der Waals surface area contributed by atoms with E-state index in [1.165, 1.54) is 16.6 Å². The van der Waals surface area contributed by atoms with Crippen molar-refractivity contribution >= 4 is 27.4 Å². The number of aromatic nitrogens is 1. The number of anilines is 1. The van der Waals surface area contributed by atoms with Crippen LogP contribution in [0.3, 0.4) is 0 Å². The van der Waals surface area contributed by atoms with E-state index in [0.29, 0.717) is 30.5 Å². The van der Waals surface area contributed by atoms with Crippen LogP contribution in [0.4, 0.5) is 5.82 Å². The molecule has 0 aromatic carbocycles. The van der Waals surface area contributed by atoms with Gasteiger partial charge in [0.2, 0.25) is 10.0 Å². The fourth-order valence-corrected chi connectivity index (χ4v) is 4.12. The first-order valence-electron chi connectivity index (χ1n) is 6.92. The van der Waals surface area contributed by atoms with E-state index < -0.39 is 10.0 Å². The summed E-state index contributed by atoms with van der Waals surface area (Å²) in [4.78, 5) is 6.30. The molecular formula is C13H21ClN4O2S. The Balaban J connectivity index is 2.22. The maximum atomic E-state index is 12.6. The third-order valence-electron chi connectivity index (χ3n) is 3.65. The van der Waals surface area contributed by atoms with Crippen LogP contribution in [0.1, 0.15) is 13.3 Å². The Morgan fingerprint density at radius 3 is 2.76 bits per heavy atom. The molecule has 0 bridgehead atoms. The molecule has 1 aromatic rings. The number of sulfonamides is 1. The van der Waals surface area contributed by atoms with Gasteiger partial charge in [-0.15, -0.1) is 0 Å². The van der Waals surface area contributed by atoms with E-state index in [4.69, 9.17) is 11.6 Å². The summed E-state index contributed by atoms with van der Waals surface area (Å²) in [6.07, 6.45) is 2.20. The summed E-state index contributed by atoms with van der Waals surface area (Å²) in [6, 6.07) is 1.72. The standard InChI is InChI=1S/C13H21ClN4O2S/c1-4-15-13-12(14)7-11(8-16-13)21(19,20)18-6-5-10(9-18)17(2)3/h7-8,10H,4-6,9H2,1-3H3,(H,15,16). The fraction of sp³-hybridized carbons (Fsp3) is 0.615. The van der Waals surface area contributed by atoms with Crippen LogP contribution >= 0.6 is 11.6 Å². The van der Waals surface area contributed by atoms with Gasteiger partial charge in [0.15, 0.2) is 0 Å². The first kappa shape index (κ1) is 16.5. The Hall–Kier alpha value is -0.890. The first-order chi connectivity index (χ1) is 9.86. The molecule has 0 aliphatic carbocycles. The maximum Gasteiger partial charge on any atom is 0.244 e. The molecule has 1 fully saturated rings. The summed E-state index contributed by atoms with van der Waals surface area (Å²) in [6.45, 7) is 3.63. The highest BCUT2D eigenvalue weighted by molar-refractivity contribution is 7.89. The highest BCUT2D eigenvalue weighted by Gasteiger charge is 2.33. The third kappa shape index (κ3) is 3.48. The smallest absolute Gasteiger partial charge is 0.244 e. The fourth-order valence-electron chi connectivity index (χ4n) is 2.36. The predicted octanol–water partition coefficient (Wildman–Crippen LogP) is 1.49. The van der Waals surface area contributed by atoms with Crippen LogP contribution < -0.4 is 5.32 Å². The molecule has 0 amide bonds. The lowest BCUT2D eigenvalue weighted by atomic mass is 10.2. The van der Waals surface area contributed by atoms with Crippen molar-refractivity contribution in [2.24, 2.45) is 0 Å². The average Bonchev–Trinajstić information content (AvgIpc) is 2.91. The SMILES string of the molecule is CCNc1ncc(S(=O)(=O)N2CCC(N(C)C)C2)cc1Cl. The van der Waals surface area contributed by atoms with E-state index in [2.05, 4.69) is 15.2 Å². The van der Waals surface area contributed by atoms with Crippen molar-refractivity contribution in [1.82, 2.24) is 14.2 Å². The van der Waals surface area contributed by atoms with Gasteiger partial charge in [0.05, 0.1) is 5.02 Å². The van der Waals surface area contributed by atoms with Crippen molar-refractivity contribution in [1.29, 1.82) is 0 Å². The summed E-state index contributed by atoms with van der Waals surface area (Å²) in [5.74, 6) is 0.505. The zero-order chi connectivity index (χ0) is 15.6. The molecule has 1 aliphatic heterocycles. The number of nitrogens with zero attached hydrogens (tertiary/aromatic N) is 3. The number of pyridine rings is 1. The number of nitrogens with one attached hydrogen (secondary N) is 1. The topological polar surface area (TPSA) is 65.5 Å². The van der Waals surface area contributed by atoms with Gasteiger partial charge in [0.25, 0.3) is 0 Å². The lowest BCUT2D eigenvalue weighted by molar-refractivity contribution is 0.302. The van der Waals surface area contributed by atoms with Gasteiger partial charge in [-0.25, -0.2) is 13.4 Å². The zero-order valence-corrected chi connectivity index (χ0v) is 14.1. The van der Waals surface area contributed by atoms with Gasteiger partial charge in [-0.1, -0.05) is 11.6 Å². The van der Waals surface area contributed by atoms with E-state index in [1.54, 1.807) is 0 Å². The lowest BCUT2D eigenvalue weighted by Crippen LogP contribution is -2.34. The molecule has 2 heterocycles. The Morgan fingerprint density at radius 1 is 1.52 bits per heavy atom. The normalized spacial score (nSPS) is 20.1. The van der Waals surface area contributed by atoms with Crippen LogP contribution in [0, 0.1) is 0 Å². The molecular weight excluding hydrogens is 312 g/mol. The Morgan fingerprint density at radius 2 is 2.24 bits per heavy atom. The largest absolute Gasteiger partial charge is 0.369 e. The third-order valence-corrected chi connectivity index (χ3v) is 5.77. The van der Waals surface area contributed by atoms with Crippen LogP contribution in [0.2, 0.25) is 5.02 Å². The van der Waals surface area contributed by atoms with E-state index >= 15 is 0 Å². The van der Waals surface area contributed by atoms with Crippen LogP contribution in [-0.4, -0.2) is 62.4 Å². The van der Waals surface area contributed by atoms with Gasteiger partial charge in [-0.2, -0.15) is 4.31 Å². The quantitative estimate of drug-likeness (QED) is 0.885. The van der Waals surface area contributed by atoms with Crippen molar-refractivity contribution in [2.45, 2.75) is 24.3 Å². The summed E-state index contributed by atoms with van der Waals surface area (Å²) >= 11 is 6.08. The molecule has 2 rings (SSSR count). The van der Waals surface area contributed by atoms with Gasteiger partial charge in [0, 0.05) is 31.9 Å². The number of halogens is 1. The molecule has 8 heteroatoms. The Labute approximate surface area is 131 Å². The second-order valence-corrected chi connectivity index (χ2v) is 7.65. The second-order valence-electron chi connectivity index (χ2n) is 5.30. The van der Waals surface area contributed by atoms with E-state index in [-0.39, 0.29) is 10.9 Å². The summed E-state index contributed by atoms with van der Waals surface area (Å²) in [5.41, 5.74) is 0. The second kappa shape index (κ2) is 6.48. The van der Waals surface area contributed by atoms with Gasteiger partial charge < -0.3 is 10.2 Å². The number of likely N-dealkylation sites (N-methyl/N-ethyl adjacent to an activating group) is 1. The van der Waals surface area contributed by atoms with Crippen LogP contribution in [0.25, 0.3) is 0 Å². The molecule has 1 saturated heterocycles. The highest BCUT2D eigenvalue weighted by Crippen LogP contribution is 2.27. The number of hydrogen-bond donors (Lipinski definition) is 1. The lowest BCUT2D eigenvalue weighted by Gasteiger charge is -2.20. The molecule has 1 aromatic heterocycles. The van der Waals surface area contributed by atoms with Crippen molar-refractivity contribution < 1.29 is 8.42 Å². The van der Waals surface area contributed by atoms with Crippen molar-refractivity contribution in [2.75, 3.05) is 39.0 Å². The van der Waals surface area contributed by atoms with Gasteiger partial charge in [-0.05, 0) is 33.5 Å². The molecule has 1 N–H and O–H groups in total. The molecule has 21 heavy (non-hydrogen) atoms. The Bertz CT molecular complexity index is 606. The minimum atomic E-state index is -3.53. The molecule has 0 spiro atoms. The van der Waals surface area contributed by atoms with Crippen LogP contribution in [0.15, 0.2) is 17.2 Å².